The van der Waals surface area contributed by atoms with E-state index < -0.39 is 11.6 Å². The number of carbonyl (C=O) groups is 1. The third kappa shape index (κ3) is 7.67. The van der Waals surface area contributed by atoms with Crippen molar-refractivity contribution in [2.75, 3.05) is 34.0 Å². The molecule has 8 nitrogen and oxygen atoms in total. The summed E-state index contributed by atoms with van der Waals surface area (Å²) in [4.78, 5) is 19.5. The van der Waals surface area contributed by atoms with Crippen LogP contribution in [-0.4, -0.2) is 56.4 Å². The summed E-state index contributed by atoms with van der Waals surface area (Å²) in [5.74, 6) is 2.13. The fraction of sp³-hybridized carbons (Fsp3) is 0.278. The van der Waals surface area contributed by atoms with Crippen molar-refractivity contribution in [2.24, 2.45) is 4.99 Å². The van der Waals surface area contributed by atoms with Gasteiger partial charge in [-0.3, -0.25) is 4.79 Å². The van der Waals surface area contributed by atoms with Crippen molar-refractivity contribution < 1.29 is 28.8 Å². The van der Waals surface area contributed by atoms with E-state index in [1.807, 2.05) is 97.1 Å². The zero-order chi connectivity index (χ0) is 31.6. The van der Waals surface area contributed by atoms with Crippen LogP contribution in [0.15, 0.2) is 107 Å². The number of rotatable bonds is 14. The lowest BCUT2D eigenvalue weighted by Crippen LogP contribution is -2.50. The SMILES string of the molecule is COc1ccc(CCNC(=O)[C@]2(Cc3ccc(Br)cc3)N=C(c3ccc(OCCCO)cc3)O[C@@H]2c2ccccc2)cc1OC. The largest absolute Gasteiger partial charge is 0.494 e. The standard InChI is InChI=1S/C36H37BrN2O6/c1-42-31-18-11-25(23-32(31)43-2)19-20-38-35(41)36(24-26-9-14-29(37)15-10-26)33(27-7-4-3-5-8-27)45-34(39-36)28-12-16-30(17-13-28)44-22-6-21-40/h3-5,7-18,23,33,40H,6,19-22,24H2,1-2H3,(H,38,41)/t33-,36-/m1/s1. The van der Waals surface area contributed by atoms with Crippen LogP contribution in [-0.2, 0) is 22.4 Å². The Bertz CT molecular complexity index is 1590. The summed E-state index contributed by atoms with van der Waals surface area (Å²) in [7, 11) is 3.21. The van der Waals surface area contributed by atoms with Crippen LogP contribution in [0.1, 0.15) is 34.8 Å². The molecule has 1 aliphatic rings. The highest BCUT2D eigenvalue weighted by molar-refractivity contribution is 9.10. The smallest absolute Gasteiger partial charge is 0.252 e. The molecule has 2 N–H and O–H groups in total. The van der Waals surface area contributed by atoms with Crippen molar-refractivity contribution in [1.29, 1.82) is 0 Å². The van der Waals surface area contributed by atoms with E-state index in [1.54, 1.807) is 14.2 Å². The summed E-state index contributed by atoms with van der Waals surface area (Å²) >= 11 is 3.52. The van der Waals surface area contributed by atoms with Crippen LogP contribution < -0.4 is 19.5 Å². The van der Waals surface area contributed by atoms with Crippen LogP contribution >= 0.6 is 15.9 Å². The number of methoxy groups -OCH3 is 2. The highest BCUT2D eigenvalue weighted by Gasteiger charge is 2.53. The molecule has 45 heavy (non-hydrogen) atoms. The molecule has 0 saturated carbocycles. The molecule has 1 aliphatic heterocycles. The Hall–Kier alpha value is -4.34. The molecule has 9 heteroatoms. The van der Waals surface area contributed by atoms with E-state index in [1.165, 1.54) is 0 Å². The molecule has 0 bridgehead atoms. The maximum absolute atomic E-state index is 14.4. The number of nitrogens with one attached hydrogen (secondary N) is 1. The number of ether oxygens (including phenoxy) is 4. The molecule has 4 aromatic rings. The number of aliphatic hydroxyl groups excluding tert-OH is 1. The molecule has 4 aromatic carbocycles. The summed E-state index contributed by atoms with van der Waals surface area (Å²) in [6.45, 7) is 0.881. The molecule has 0 aromatic heterocycles. The first-order chi connectivity index (χ1) is 22.0. The number of aliphatic imine (C=N–C) groups is 1. The highest BCUT2D eigenvalue weighted by Crippen LogP contribution is 2.42. The maximum atomic E-state index is 14.4. The Labute approximate surface area is 272 Å². The maximum Gasteiger partial charge on any atom is 0.252 e. The van der Waals surface area contributed by atoms with E-state index in [9.17, 15) is 4.79 Å². The van der Waals surface area contributed by atoms with E-state index >= 15 is 0 Å². The molecule has 5 rings (SSSR count). The average molecular weight is 674 g/mol. The van der Waals surface area contributed by atoms with E-state index in [2.05, 4.69) is 21.2 Å². The van der Waals surface area contributed by atoms with Gasteiger partial charge >= 0.3 is 0 Å². The number of hydrogen-bond donors (Lipinski definition) is 2. The zero-order valence-electron chi connectivity index (χ0n) is 25.4. The average Bonchev–Trinajstić information content (AvgIpc) is 3.47. The summed E-state index contributed by atoms with van der Waals surface area (Å²) in [5, 5.41) is 12.2. The normalized spacial score (nSPS) is 17.2. The number of amides is 1. The summed E-state index contributed by atoms with van der Waals surface area (Å²) in [6.07, 6.45) is 0.800. The molecule has 0 aliphatic carbocycles. The Morgan fingerprint density at radius 1 is 0.933 bits per heavy atom. The van der Waals surface area contributed by atoms with Gasteiger partial charge in [0.25, 0.3) is 5.91 Å². The van der Waals surface area contributed by atoms with E-state index in [0.717, 1.165) is 26.7 Å². The predicted molar refractivity (Wildman–Crippen MR) is 177 cm³/mol. The van der Waals surface area contributed by atoms with Crippen molar-refractivity contribution in [3.05, 3.63) is 124 Å². The molecule has 1 amide bonds. The van der Waals surface area contributed by atoms with Crippen molar-refractivity contribution in [1.82, 2.24) is 5.32 Å². The minimum atomic E-state index is -1.28. The van der Waals surface area contributed by atoms with E-state index in [-0.39, 0.29) is 12.5 Å². The number of hydrogen-bond acceptors (Lipinski definition) is 7. The monoisotopic (exact) mass is 672 g/mol. The highest BCUT2D eigenvalue weighted by atomic mass is 79.9. The van der Waals surface area contributed by atoms with E-state index in [0.29, 0.717) is 55.6 Å². The first kappa shape index (κ1) is 32.1. The summed E-state index contributed by atoms with van der Waals surface area (Å²) in [5.41, 5.74) is 2.27. The van der Waals surface area contributed by atoms with E-state index in [4.69, 9.17) is 29.0 Å². The van der Waals surface area contributed by atoms with Gasteiger partial charge in [0.1, 0.15) is 5.75 Å². The molecule has 0 radical (unpaired) electrons. The number of nitrogens with zero attached hydrogens (tertiary/aromatic N) is 1. The fourth-order valence-electron chi connectivity index (χ4n) is 5.33. The van der Waals surface area contributed by atoms with Gasteiger partial charge in [0.15, 0.2) is 23.1 Å². The van der Waals surface area contributed by atoms with Gasteiger partial charge in [-0.2, -0.15) is 0 Å². The van der Waals surface area contributed by atoms with Crippen molar-refractivity contribution >= 4 is 27.7 Å². The van der Waals surface area contributed by atoms with Gasteiger partial charge in [-0.05, 0) is 71.6 Å². The molecule has 0 saturated heterocycles. The third-order valence-corrected chi connectivity index (χ3v) is 8.19. The molecule has 234 valence electrons. The number of halogens is 1. The second-order valence-electron chi connectivity index (χ2n) is 10.7. The van der Waals surface area contributed by atoms with Crippen LogP contribution in [0.3, 0.4) is 0 Å². The quantitative estimate of drug-likeness (QED) is 0.158. The third-order valence-electron chi connectivity index (χ3n) is 7.67. The Morgan fingerprint density at radius 2 is 1.64 bits per heavy atom. The van der Waals surface area contributed by atoms with Gasteiger partial charge in [0, 0.05) is 36.0 Å². The molecule has 0 fully saturated rings. The molecule has 2 atom stereocenters. The van der Waals surface area contributed by atoms with Gasteiger partial charge < -0.3 is 29.4 Å². The van der Waals surface area contributed by atoms with Crippen LogP contribution in [0.5, 0.6) is 17.2 Å². The minimum absolute atomic E-state index is 0.0698. The Balaban J connectivity index is 1.47. The van der Waals surface area contributed by atoms with Crippen LogP contribution in [0.25, 0.3) is 0 Å². The lowest BCUT2D eigenvalue weighted by molar-refractivity contribution is -0.128. The molecule has 1 heterocycles. The van der Waals surface area contributed by atoms with Crippen molar-refractivity contribution in [2.45, 2.75) is 30.9 Å². The van der Waals surface area contributed by atoms with Gasteiger partial charge in [-0.25, -0.2) is 4.99 Å². The van der Waals surface area contributed by atoms with Crippen LogP contribution in [0, 0.1) is 0 Å². The zero-order valence-corrected chi connectivity index (χ0v) is 27.0. The number of aliphatic hydroxyl groups is 1. The molecular weight excluding hydrogens is 636 g/mol. The van der Waals surface area contributed by atoms with Gasteiger partial charge in [-0.1, -0.05) is 64.5 Å². The molecular formula is C36H37BrN2O6. The van der Waals surface area contributed by atoms with Crippen LogP contribution in [0.4, 0.5) is 0 Å². The van der Waals surface area contributed by atoms with Crippen molar-refractivity contribution in [3.63, 3.8) is 0 Å². The summed E-state index contributed by atoms with van der Waals surface area (Å²) in [6, 6.07) is 30.8. The lowest BCUT2D eigenvalue weighted by Gasteiger charge is -2.31. The van der Waals surface area contributed by atoms with Crippen LogP contribution in [0.2, 0.25) is 0 Å². The summed E-state index contributed by atoms with van der Waals surface area (Å²) < 4.78 is 24.1. The molecule has 0 unspecified atom stereocenters. The second kappa shape index (κ2) is 15.1. The molecule has 0 spiro atoms. The predicted octanol–water partition coefficient (Wildman–Crippen LogP) is 6.09. The lowest BCUT2D eigenvalue weighted by atomic mass is 9.82. The Kier molecular flexibility index (Phi) is 10.8. The van der Waals surface area contributed by atoms with Gasteiger partial charge in [-0.15, -0.1) is 0 Å². The van der Waals surface area contributed by atoms with Gasteiger partial charge in [0.2, 0.25) is 5.90 Å². The first-order valence-electron chi connectivity index (χ1n) is 14.8. The minimum Gasteiger partial charge on any atom is -0.494 e. The second-order valence-corrected chi connectivity index (χ2v) is 11.6. The fourth-order valence-corrected chi connectivity index (χ4v) is 5.60. The topological polar surface area (TPSA) is 98.6 Å². The Morgan fingerprint density at radius 3 is 2.33 bits per heavy atom. The first-order valence-corrected chi connectivity index (χ1v) is 15.6. The number of benzene rings is 4. The number of carbonyl (C=O) groups excluding carboxylic acids is 1. The van der Waals surface area contributed by atoms with Gasteiger partial charge in [0.05, 0.1) is 20.8 Å². The van der Waals surface area contributed by atoms with Crippen molar-refractivity contribution in [3.8, 4) is 17.2 Å².